The van der Waals surface area contributed by atoms with Crippen LogP contribution in [0.2, 0.25) is 0 Å². The maximum Gasteiger partial charge on any atom is 0.303 e. The lowest BCUT2D eigenvalue weighted by Crippen LogP contribution is -2.26. The van der Waals surface area contributed by atoms with Crippen LogP contribution < -0.4 is 4.31 Å². The first-order valence-electron chi connectivity index (χ1n) is 7.08. The first-order valence-corrected chi connectivity index (χ1v) is 8.52. The van der Waals surface area contributed by atoms with Crippen molar-refractivity contribution < 1.29 is 22.7 Å². The van der Waals surface area contributed by atoms with Crippen LogP contribution in [0.1, 0.15) is 23.5 Å². The second-order valence-electron chi connectivity index (χ2n) is 5.31. The molecule has 0 fully saturated rings. The van der Waals surface area contributed by atoms with E-state index >= 15 is 0 Å². The molecule has 6 nitrogen and oxygen atoms in total. The molecule has 1 N–H and O–H groups in total. The first kappa shape index (κ1) is 17.1. The molecule has 0 saturated heterocycles. The van der Waals surface area contributed by atoms with Gasteiger partial charge in [-0.15, -0.1) is 0 Å². The summed E-state index contributed by atoms with van der Waals surface area (Å²) >= 11 is 0. The highest BCUT2D eigenvalue weighted by molar-refractivity contribution is 7.92. The predicted octanol–water partition coefficient (Wildman–Crippen LogP) is 2.74. The molecular weight excluding hydrogens is 318 g/mol. The van der Waals surface area contributed by atoms with Crippen molar-refractivity contribution in [1.29, 1.82) is 0 Å². The van der Waals surface area contributed by atoms with Gasteiger partial charge in [-0.3, -0.25) is 9.10 Å². The van der Waals surface area contributed by atoms with E-state index in [2.05, 4.69) is 0 Å². The Morgan fingerprint density at radius 2 is 1.96 bits per heavy atom. The molecule has 2 rings (SSSR count). The van der Waals surface area contributed by atoms with Gasteiger partial charge in [-0.1, -0.05) is 12.1 Å². The van der Waals surface area contributed by atoms with Crippen LogP contribution in [0.3, 0.4) is 0 Å². The van der Waals surface area contributed by atoms with Crippen molar-refractivity contribution >= 4 is 21.7 Å². The van der Waals surface area contributed by atoms with E-state index < -0.39 is 16.0 Å². The lowest BCUT2D eigenvalue weighted by atomic mass is 10.1. The number of furan rings is 1. The van der Waals surface area contributed by atoms with Crippen molar-refractivity contribution in [3.05, 3.63) is 47.4 Å². The Morgan fingerprint density at radius 3 is 2.52 bits per heavy atom. The smallest absolute Gasteiger partial charge is 0.303 e. The van der Waals surface area contributed by atoms with E-state index in [1.165, 1.54) is 17.4 Å². The van der Waals surface area contributed by atoms with Gasteiger partial charge in [0, 0.05) is 19.5 Å². The highest BCUT2D eigenvalue weighted by atomic mass is 32.2. The Hall–Kier alpha value is -2.28. The average Bonchev–Trinajstić information content (AvgIpc) is 2.84. The molecule has 7 heteroatoms. The number of hydrogen-bond acceptors (Lipinski definition) is 4. The van der Waals surface area contributed by atoms with Gasteiger partial charge in [0.05, 0.1) is 5.69 Å². The number of hydrogen-bond donors (Lipinski definition) is 1. The van der Waals surface area contributed by atoms with Crippen LogP contribution in [0.5, 0.6) is 0 Å². The van der Waals surface area contributed by atoms with Gasteiger partial charge in [0.25, 0.3) is 10.0 Å². The summed E-state index contributed by atoms with van der Waals surface area (Å²) in [5.41, 5.74) is 1.25. The molecule has 0 bridgehead atoms. The third kappa shape index (κ3) is 3.73. The van der Waals surface area contributed by atoms with E-state index in [0.717, 1.165) is 5.56 Å². The Balaban J connectivity index is 2.32. The number of carboxylic acid groups (broad SMARTS) is 1. The molecule has 124 valence electrons. The van der Waals surface area contributed by atoms with Crippen molar-refractivity contribution in [3.8, 4) is 0 Å². The zero-order chi connectivity index (χ0) is 17.2. The number of anilines is 1. The standard InChI is InChI=1S/C16H19NO5S/c1-11-9-15(12(2)22-11)23(20,21)17(3)14-6-4-5-13(10-14)7-8-16(18)19/h4-6,9-10H,7-8H2,1-3H3,(H,18,19). The Labute approximate surface area is 135 Å². The van der Waals surface area contributed by atoms with Crippen LogP contribution >= 0.6 is 0 Å². The molecule has 0 aliphatic rings. The number of carboxylic acids is 1. The molecule has 0 aliphatic heterocycles. The number of benzene rings is 1. The summed E-state index contributed by atoms with van der Waals surface area (Å²) in [5.74, 6) is -0.0121. The molecule has 1 aromatic carbocycles. The second kappa shape index (κ2) is 6.45. The summed E-state index contributed by atoms with van der Waals surface area (Å²) < 4.78 is 31.9. The molecule has 0 atom stereocenters. The van der Waals surface area contributed by atoms with E-state index in [-0.39, 0.29) is 11.3 Å². The summed E-state index contributed by atoms with van der Waals surface area (Å²) in [6, 6.07) is 8.34. The van der Waals surface area contributed by atoms with Crippen LogP contribution in [-0.4, -0.2) is 26.5 Å². The van der Waals surface area contributed by atoms with Gasteiger partial charge in [0.15, 0.2) is 0 Å². The van der Waals surface area contributed by atoms with Gasteiger partial charge >= 0.3 is 5.97 Å². The third-order valence-electron chi connectivity index (χ3n) is 3.54. The van der Waals surface area contributed by atoms with Gasteiger partial charge < -0.3 is 9.52 Å². The summed E-state index contributed by atoms with van der Waals surface area (Å²) in [6.45, 7) is 3.30. The van der Waals surface area contributed by atoms with E-state index in [4.69, 9.17) is 9.52 Å². The van der Waals surface area contributed by atoms with Gasteiger partial charge in [-0.25, -0.2) is 8.42 Å². The highest BCUT2D eigenvalue weighted by Gasteiger charge is 2.26. The largest absolute Gasteiger partial charge is 0.481 e. The summed E-state index contributed by atoms with van der Waals surface area (Å²) in [4.78, 5) is 10.8. The van der Waals surface area contributed by atoms with E-state index in [1.807, 2.05) is 0 Å². The third-order valence-corrected chi connectivity index (χ3v) is 5.43. The van der Waals surface area contributed by atoms with E-state index in [1.54, 1.807) is 38.1 Å². The van der Waals surface area contributed by atoms with Crippen LogP contribution in [0.4, 0.5) is 5.69 Å². The van der Waals surface area contributed by atoms with E-state index in [0.29, 0.717) is 23.6 Å². The lowest BCUT2D eigenvalue weighted by molar-refractivity contribution is -0.136. The second-order valence-corrected chi connectivity index (χ2v) is 7.25. The molecular formula is C16H19NO5S. The Kier molecular flexibility index (Phi) is 4.79. The normalized spacial score (nSPS) is 11.4. The lowest BCUT2D eigenvalue weighted by Gasteiger charge is -2.19. The summed E-state index contributed by atoms with van der Waals surface area (Å²) in [5, 5.41) is 8.75. The Morgan fingerprint density at radius 1 is 1.26 bits per heavy atom. The fourth-order valence-electron chi connectivity index (χ4n) is 2.31. The van der Waals surface area contributed by atoms with Gasteiger partial charge in [-0.05, 0) is 38.0 Å². The minimum absolute atomic E-state index is 0.0000486. The molecule has 0 saturated carbocycles. The zero-order valence-electron chi connectivity index (χ0n) is 13.2. The predicted molar refractivity (Wildman–Crippen MR) is 86.2 cm³/mol. The molecule has 23 heavy (non-hydrogen) atoms. The highest BCUT2D eigenvalue weighted by Crippen LogP contribution is 2.27. The first-order chi connectivity index (χ1) is 10.7. The minimum Gasteiger partial charge on any atom is -0.481 e. The molecule has 0 amide bonds. The molecule has 0 radical (unpaired) electrons. The van der Waals surface area contributed by atoms with Crippen molar-refractivity contribution in [2.75, 3.05) is 11.4 Å². The van der Waals surface area contributed by atoms with Crippen molar-refractivity contribution in [2.24, 2.45) is 0 Å². The van der Waals surface area contributed by atoms with Crippen LogP contribution in [0, 0.1) is 13.8 Å². The fraction of sp³-hybridized carbons (Fsp3) is 0.312. The molecule has 0 unspecified atom stereocenters. The monoisotopic (exact) mass is 337 g/mol. The Bertz CT molecular complexity index is 823. The van der Waals surface area contributed by atoms with Gasteiger partial charge in [0.2, 0.25) is 0 Å². The van der Waals surface area contributed by atoms with Crippen LogP contribution in [0.25, 0.3) is 0 Å². The fourth-order valence-corrected chi connectivity index (χ4v) is 3.71. The number of aliphatic carboxylic acids is 1. The van der Waals surface area contributed by atoms with Crippen molar-refractivity contribution in [1.82, 2.24) is 0 Å². The topological polar surface area (TPSA) is 87.8 Å². The van der Waals surface area contributed by atoms with Gasteiger partial charge in [0.1, 0.15) is 16.4 Å². The number of sulfonamides is 1. The summed E-state index contributed by atoms with van der Waals surface area (Å²) in [7, 11) is -2.26. The SMILES string of the molecule is Cc1cc(S(=O)(=O)N(C)c2cccc(CCC(=O)O)c2)c(C)o1. The number of rotatable bonds is 6. The molecule has 1 heterocycles. The molecule has 1 aromatic heterocycles. The molecule has 0 aliphatic carbocycles. The molecule has 2 aromatic rings. The van der Waals surface area contributed by atoms with Crippen LogP contribution in [0.15, 0.2) is 39.6 Å². The maximum absolute atomic E-state index is 12.7. The van der Waals surface area contributed by atoms with Crippen molar-refractivity contribution in [2.45, 2.75) is 31.6 Å². The summed E-state index contributed by atoms with van der Waals surface area (Å²) in [6.07, 6.45) is 0.348. The van der Waals surface area contributed by atoms with E-state index in [9.17, 15) is 13.2 Å². The van der Waals surface area contributed by atoms with Crippen molar-refractivity contribution in [3.63, 3.8) is 0 Å². The number of nitrogens with zero attached hydrogens (tertiary/aromatic N) is 1. The number of aryl methyl sites for hydroxylation is 3. The zero-order valence-corrected chi connectivity index (χ0v) is 14.1. The van der Waals surface area contributed by atoms with Crippen LogP contribution in [-0.2, 0) is 21.2 Å². The minimum atomic E-state index is -3.73. The quantitative estimate of drug-likeness (QED) is 0.875. The van der Waals surface area contributed by atoms with Gasteiger partial charge in [-0.2, -0.15) is 0 Å². The maximum atomic E-state index is 12.7. The molecule has 0 spiro atoms. The number of carbonyl (C=O) groups is 1. The average molecular weight is 337 g/mol.